The molecular formula is C13H27N3O. The monoisotopic (exact) mass is 241 g/mol. The van der Waals surface area contributed by atoms with Crippen molar-refractivity contribution in [3.05, 3.63) is 0 Å². The molecule has 0 aromatic rings. The van der Waals surface area contributed by atoms with Crippen LogP contribution in [0.4, 0.5) is 0 Å². The van der Waals surface area contributed by atoms with E-state index >= 15 is 0 Å². The Bertz CT molecular complexity index is 233. The number of carbonyl (C=O) groups excluding carboxylic acids is 1. The van der Waals surface area contributed by atoms with Crippen molar-refractivity contribution in [2.24, 2.45) is 5.73 Å². The van der Waals surface area contributed by atoms with Gasteiger partial charge in [0.25, 0.3) is 0 Å². The number of hydrogen-bond acceptors (Lipinski definition) is 3. The van der Waals surface area contributed by atoms with Gasteiger partial charge >= 0.3 is 0 Å². The highest BCUT2D eigenvalue weighted by atomic mass is 16.2. The molecule has 1 aliphatic rings. The SMILES string of the molecule is CC1CCCCCN1CC(=O)N(C)CCCN. The number of carbonyl (C=O) groups is 1. The lowest BCUT2D eigenvalue weighted by Crippen LogP contribution is -2.42. The molecule has 1 atom stereocenters. The van der Waals surface area contributed by atoms with Crippen LogP contribution < -0.4 is 5.73 Å². The Balaban J connectivity index is 2.37. The molecule has 1 fully saturated rings. The molecule has 17 heavy (non-hydrogen) atoms. The molecule has 1 amide bonds. The van der Waals surface area contributed by atoms with Gasteiger partial charge in [0, 0.05) is 19.6 Å². The summed E-state index contributed by atoms with van der Waals surface area (Å²) in [6.45, 7) is 5.30. The molecule has 0 radical (unpaired) electrons. The van der Waals surface area contributed by atoms with Crippen LogP contribution in [0.5, 0.6) is 0 Å². The summed E-state index contributed by atoms with van der Waals surface area (Å²) >= 11 is 0. The van der Waals surface area contributed by atoms with Crippen molar-refractivity contribution >= 4 is 5.91 Å². The van der Waals surface area contributed by atoms with Gasteiger partial charge < -0.3 is 10.6 Å². The van der Waals surface area contributed by atoms with Gasteiger partial charge in [-0.05, 0) is 39.3 Å². The minimum Gasteiger partial charge on any atom is -0.345 e. The van der Waals surface area contributed by atoms with E-state index in [1.807, 2.05) is 11.9 Å². The topological polar surface area (TPSA) is 49.6 Å². The van der Waals surface area contributed by atoms with Crippen LogP contribution in [0, 0.1) is 0 Å². The Morgan fingerprint density at radius 3 is 2.88 bits per heavy atom. The maximum atomic E-state index is 12.0. The molecular weight excluding hydrogens is 214 g/mol. The molecule has 0 aromatic heterocycles. The van der Waals surface area contributed by atoms with Gasteiger partial charge in [-0.3, -0.25) is 9.69 Å². The number of likely N-dealkylation sites (N-methyl/N-ethyl adjacent to an activating group) is 1. The third-order valence-corrected chi connectivity index (χ3v) is 3.65. The van der Waals surface area contributed by atoms with Gasteiger partial charge in [0.05, 0.1) is 6.54 Å². The van der Waals surface area contributed by atoms with E-state index in [1.165, 1.54) is 25.7 Å². The van der Waals surface area contributed by atoms with E-state index in [4.69, 9.17) is 5.73 Å². The van der Waals surface area contributed by atoms with Crippen LogP contribution >= 0.6 is 0 Å². The van der Waals surface area contributed by atoms with Crippen LogP contribution in [0.1, 0.15) is 39.0 Å². The normalized spacial score (nSPS) is 22.2. The fourth-order valence-corrected chi connectivity index (χ4v) is 2.32. The minimum atomic E-state index is 0.229. The second kappa shape index (κ2) is 7.67. The summed E-state index contributed by atoms with van der Waals surface area (Å²) in [6.07, 6.45) is 5.94. The average molecular weight is 241 g/mol. The minimum absolute atomic E-state index is 0.229. The third-order valence-electron chi connectivity index (χ3n) is 3.65. The van der Waals surface area contributed by atoms with Crippen molar-refractivity contribution in [2.45, 2.75) is 45.1 Å². The lowest BCUT2D eigenvalue weighted by Gasteiger charge is -2.28. The maximum absolute atomic E-state index is 12.0. The Morgan fingerprint density at radius 2 is 2.18 bits per heavy atom. The first-order chi connectivity index (χ1) is 8.15. The first-order valence-electron chi connectivity index (χ1n) is 6.83. The molecule has 4 heteroatoms. The van der Waals surface area contributed by atoms with Crippen molar-refractivity contribution in [3.8, 4) is 0 Å². The van der Waals surface area contributed by atoms with Gasteiger partial charge in [-0.1, -0.05) is 12.8 Å². The molecule has 0 aromatic carbocycles. The first-order valence-corrected chi connectivity index (χ1v) is 6.83. The molecule has 0 bridgehead atoms. The van der Waals surface area contributed by atoms with E-state index < -0.39 is 0 Å². The Kier molecular flexibility index (Phi) is 6.52. The summed E-state index contributed by atoms with van der Waals surface area (Å²) in [4.78, 5) is 16.2. The summed E-state index contributed by atoms with van der Waals surface area (Å²) in [5.41, 5.74) is 5.46. The van der Waals surface area contributed by atoms with E-state index in [0.717, 1.165) is 19.5 Å². The summed E-state index contributed by atoms with van der Waals surface area (Å²) in [5, 5.41) is 0. The zero-order valence-corrected chi connectivity index (χ0v) is 11.3. The summed E-state index contributed by atoms with van der Waals surface area (Å²) in [5.74, 6) is 0.229. The Hall–Kier alpha value is -0.610. The molecule has 1 saturated heterocycles. The molecule has 1 heterocycles. The fraction of sp³-hybridized carbons (Fsp3) is 0.923. The van der Waals surface area contributed by atoms with Crippen LogP contribution in [0.25, 0.3) is 0 Å². The third kappa shape index (κ3) is 5.04. The van der Waals surface area contributed by atoms with Gasteiger partial charge in [-0.25, -0.2) is 0 Å². The number of amides is 1. The molecule has 4 nitrogen and oxygen atoms in total. The average Bonchev–Trinajstić information content (AvgIpc) is 2.52. The van der Waals surface area contributed by atoms with Crippen LogP contribution in [-0.2, 0) is 4.79 Å². The fourth-order valence-electron chi connectivity index (χ4n) is 2.32. The second-order valence-corrected chi connectivity index (χ2v) is 5.13. The number of nitrogens with two attached hydrogens (primary N) is 1. The second-order valence-electron chi connectivity index (χ2n) is 5.13. The highest BCUT2D eigenvalue weighted by Gasteiger charge is 2.20. The van der Waals surface area contributed by atoms with Crippen LogP contribution in [0.3, 0.4) is 0 Å². The Labute approximate surface area is 105 Å². The smallest absolute Gasteiger partial charge is 0.236 e. The van der Waals surface area contributed by atoms with Crippen molar-refractivity contribution in [1.82, 2.24) is 9.80 Å². The molecule has 1 aliphatic heterocycles. The van der Waals surface area contributed by atoms with E-state index in [1.54, 1.807) is 0 Å². The van der Waals surface area contributed by atoms with Crippen molar-refractivity contribution in [3.63, 3.8) is 0 Å². The number of rotatable bonds is 5. The van der Waals surface area contributed by atoms with E-state index in [-0.39, 0.29) is 5.91 Å². The van der Waals surface area contributed by atoms with Gasteiger partial charge in [0.15, 0.2) is 0 Å². The number of nitrogens with zero attached hydrogens (tertiary/aromatic N) is 2. The largest absolute Gasteiger partial charge is 0.345 e. The molecule has 1 rings (SSSR count). The van der Waals surface area contributed by atoms with Crippen LogP contribution in [0.15, 0.2) is 0 Å². The molecule has 2 N–H and O–H groups in total. The van der Waals surface area contributed by atoms with Gasteiger partial charge in [0.2, 0.25) is 5.91 Å². The highest BCUT2D eigenvalue weighted by Crippen LogP contribution is 2.16. The first kappa shape index (κ1) is 14.5. The summed E-state index contributed by atoms with van der Waals surface area (Å²) in [6, 6.07) is 0.546. The van der Waals surface area contributed by atoms with Gasteiger partial charge in [-0.15, -0.1) is 0 Å². The van der Waals surface area contributed by atoms with Gasteiger partial charge in [0.1, 0.15) is 0 Å². The van der Waals surface area contributed by atoms with Gasteiger partial charge in [-0.2, -0.15) is 0 Å². The van der Waals surface area contributed by atoms with Crippen molar-refractivity contribution in [2.75, 3.05) is 33.2 Å². The standard InChI is InChI=1S/C13H27N3O/c1-12-7-4-3-5-10-16(12)11-13(17)15(2)9-6-8-14/h12H,3-11,14H2,1-2H3. The zero-order chi connectivity index (χ0) is 12.7. The van der Waals surface area contributed by atoms with E-state index in [0.29, 0.717) is 19.1 Å². The molecule has 0 saturated carbocycles. The molecule has 0 spiro atoms. The predicted octanol–water partition coefficient (Wildman–Crippen LogP) is 1.06. The van der Waals surface area contributed by atoms with Crippen molar-refractivity contribution in [1.29, 1.82) is 0 Å². The molecule has 0 aliphatic carbocycles. The quantitative estimate of drug-likeness (QED) is 0.783. The summed E-state index contributed by atoms with van der Waals surface area (Å²) in [7, 11) is 1.88. The zero-order valence-electron chi connectivity index (χ0n) is 11.3. The predicted molar refractivity (Wildman–Crippen MR) is 70.8 cm³/mol. The van der Waals surface area contributed by atoms with E-state index in [2.05, 4.69) is 11.8 Å². The van der Waals surface area contributed by atoms with E-state index in [9.17, 15) is 4.79 Å². The number of hydrogen-bond donors (Lipinski definition) is 1. The van der Waals surface area contributed by atoms with Crippen LogP contribution in [-0.4, -0.2) is 55.0 Å². The maximum Gasteiger partial charge on any atom is 0.236 e. The lowest BCUT2D eigenvalue weighted by molar-refractivity contribution is -0.131. The number of likely N-dealkylation sites (tertiary alicyclic amines) is 1. The van der Waals surface area contributed by atoms with Crippen LogP contribution in [0.2, 0.25) is 0 Å². The molecule has 1 unspecified atom stereocenters. The highest BCUT2D eigenvalue weighted by molar-refractivity contribution is 5.78. The Morgan fingerprint density at radius 1 is 1.41 bits per heavy atom. The summed E-state index contributed by atoms with van der Waals surface area (Å²) < 4.78 is 0. The molecule has 100 valence electrons. The van der Waals surface area contributed by atoms with Crippen molar-refractivity contribution < 1.29 is 4.79 Å². The lowest BCUT2D eigenvalue weighted by atomic mass is 10.1.